The second-order valence-corrected chi connectivity index (χ2v) is 2.61. The molecular weight excluding hydrogens is 180 g/mol. The van der Waals surface area contributed by atoms with Crippen LogP contribution in [0, 0.1) is 0 Å². The molecule has 0 amide bonds. The Bertz CT molecular complexity index is 355. The summed E-state index contributed by atoms with van der Waals surface area (Å²) in [6.07, 6.45) is 3.40. The van der Waals surface area contributed by atoms with Crippen LogP contribution in [0.25, 0.3) is 11.5 Å². The molecule has 6 heteroatoms. The minimum Gasteiger partial charge on any atom is -0.333 e. The Morgan fingerprint density at radius 3 is 2.92 bits per heavy atom. The van der Waals surface area contributed by atoms with E-state index in [0.29, 0.717) is 5.89 Å². The van der Waals surface area contributed by atoms with Crippen LogP contribution in [-0.4, -0.2) is 19.9 Å². The zero-order chi connectivity index (χ0) is 8.55. The van der Waals surface area contributed by atoms with Crippen molar-refractivity contribution in [3.05, 3.63) is 17.7 Å². The highest BCUT2D eigenvalue weighted by Gasteiger charge is 2.07. The average Bonchev–Trinajstić information content (AvgIpc) is 2.58. The monoisotopic (exact) mass is 184 g/mol. The number of hydrogen-bond acceptors (Lipinski definition) is 4. The summed E-state index contributed by atoms with van der Waals surface area (Å²) < 4.78 is 6.46. The van der Waals surface area contributed by atoms with Crippen LogP contribution in [0.3, 0.4) is 0 Å². The van der Waals surface area contributed by atoms with Crippen LogP contribution in [0.4, 0.5) is 0 Å². The van der Waals surface area contributed by atoms with Crippen molar-refractivity contribution in [2.24, 2.45) is 7.05 Å². The van der Waals surface area contributed by atoms with E-state index < -0.39 is 0 Å². The van der Waals surface area contributed by atoms with Gasteiger partial charge in [0.1, 0.15) is 0 Å². The molecule has 2 heterocycles. The quantitative estimate of drug-likeness (QED) is 0.667. The Morgan fingerprint density at radius 1 is 1.58 bits per heavy atom. The molecule has 2 rings (SSSR count). The Balaban J connectivity index is 2.43. The van der Waals surface area contributed by atoms with E-state index >= 15 is 0 Å². The molecule has 0 N–H and O–H groups in total. The van der Waals surface area contributed by atoms with Gasteiger partial charge in [-0.05, 0) is 16.8 Å². The summed E-state index contributed by atoms with van der Waals surface area (Å²) in [7, 11) is 1.81. The van der Waals surface area contributed by atoms with Crippen LogP contribution < -0.4 is 0 Å². The first-order chi connectivity index (χ1) is 5.75. The van der Waals surface area contributed by atoms with Gasteiger partial charge in [0.05, 0.1) is 11.8 Å². The van der Waals surface area contributed by atoms with Crippen molar-refractivity contribution in [3.8, 4) is 11.5 Å². The van der Waals surface area contributed by atoms with Crippen molar-refractivity contribution < 1.29 is 4.52 Å². The van der Waals surface area contributed by atoms with Gasteiger partial charge in [-0.2, -0.15) is 10.1 Å². The van der Waals surface area contributed by atoms with E-state index in [0.717, 1.165) is 5.56 Å². The first kappa shape index (κ1) is 7.30. The van der Waals surface area contributed by atoms with Gasteiger partial charge in [-0.15, -0.1) is 0 Å². The number of aryl methyl sites for hydroxylation is 1. The van der Waals surface area contributed by atoms with E-state index in [-0.39, 0.29) is 5.28 Å². The smallest absolute Gasteiger partial charge is 0.264 e. The molecule has 0 radical (unpaired) electrons. The minimum absolute atomic E-state index is 0.105. The second kappa shape index (κ2) is 2.60. The average molecular weight is 185 g/mol. The van der Waals surface area contributed by atoms with Crippen molar-refractivity contribution in [2.45, 2.75) is 0 Å². The summed E-state index contributed by atoms with van der Waals surface area (Å²) in [5.74, 6) is 0.383. The molecule has 0 saturated carbocycles. The van der Waals surface area contributed by atoms with Crippen molar-refractivity contribution in [2.75, 3.05) is 0 Å². The molecule has 0 fully saturated rings. The Morgan fingerprint density at radius 2 is 2.42 bits per heavy atom. The fourth-order valence-corrected chi connectivity index (χ4v) is 0.966. The van der Waals surface area contributed by atoms with Crippen LogP contribution in [0.5, 0.6) is 0 Å². The van der Waals surface area contributed by atoms with Crippen LogP contribution >= 0.6 is 11.6 Å². The van der Waals surface area contributed by atoms with Gasteiger partial charge in [0.2, 0.25) is 0 Å². The third-order valence-corrected chi connectivity index (χ3v) is 1.51. The maximum atomic E-state index is 5.47. The number of nitrogens with zero attached hydrogens (tertiary/aromatic N) is 4. The summed E-state index contributed by atoms with van der Waals surface area (Å²) in [6.45, 7) is 0. The van der Waals surface area contributed by atoms with Crippen molar-refractivity contribution in [1.29, 1.82) is 0 Å². The molecule has 0 unspecified atom stereocenters. The summed E-state index contributed by atoms with van der Waals surface area (Å²) >= 11 is 5.47. The molecule has 0 aromatic carbocycles. The van der Waals surface area contributed by atoms with Gasteiger partial charge < -0.3 is 4.52 Å². The maximum Gasteiger partial charge on any atom is 0.264 e. The molecule has 2 aromatic heterocycles. The van der Waals surface area contributed by atoms with Crippen LogP contribution in [0.2, 0.25) is 5.28 Å². The Labute approximate surface area is 72.9 Å². The highest BCUT2D eigenvalue weighted by Crippen LogP contribution is 2.16. The largest absolute Gasteiger partial charge is 0.333 e. The summed E-state index contributed by atoms with van der Waals surface area (Å²) in [4.78, 5) is 3.83. The van der Waals surface area contributed by atoms with Gasteiger partial charge in [-0.25, -0.2) is 0 Å². The maximum absolute atomic E-state index is 5.47. The molecule has 0 bridgehead atoms. The fraction of sp³-hybridized carbons (Fsp3) is 0.167. The Kier molecular flexibility index (Phi) is 1.58. The number of rotatable bonds is 1. The van der Waals surface area contributed by atoms with Gasteiger partial charge in [-0.3, -0.25) is 4.68 Å². The molecular formula is C6H5ClN4O. The van der Waals surface area contributed by atoms with E-state index in [4.69, 9.17) is 16.1 Å². The molecule has 5 nitrogen and oxygen atoms in total. The van der Waals surface area contributed by atoms with E-state index in [9.17, 15) is 0 Å². The zero-order valence-corrected chi connectivity index (χ0v) is 6.99. The summed E-state index contributed by atoms with van der Waals surface area (Å²) in [6, 6.07) is 0. The molecule has 0 aliphatic rings. The van der Waals surface area contributed by atoms with E-state index in [2.05, 4.69) is 15.2 Å². The second-order valence-electron chi connectivity index (χ2n) is 2.27. The number of halogens is 1. The van der Waals surface area contributed by atoms with Gasteiger partial charge in [0.15, 0.2) is 0 Å². The molecule has 0 saturated heterocycles. The van der Waals surface area contributed by atoms with Crippen molar-refractivity contribution in [1.82, 2.24) is 19.9 Å². The number of aromatic nitrogens is 4. The summed E-state index contributed by atoms with van der Waals surface area (Å²) in [5.41, 5.74) is 0.761. The fourth-order valence-electron chi connectivity index (χ4n) is 0.854. The first-order valence-corrected chi connectivity index (χ1v) is 3.62. The van der Waals surface area contributed by atoms with Gasteiger partial charge in [-0.1, -0.05) is 0 Å². The SMILES string of the molecule is Cn1cc(-c2nc(Cl)no2)cn1. The first-order valence-electron chi connectivity index (χ1n) is 3.24. The normalized spacial score (nSPS) is 10.5. The van der Waals surface area contributed by atoms with Gasteiger partial charge in [0, 0.05) is 13.2 Å². The van der Waals surface area contributed by atoms with Crippen molar-refractivity contribution in [3.63, 3.8) is 0 Å². The molecule has 0 aliphatic carbocycles. The lowest BCUT2D eigenvalue weighted by molar-refractivity contribution is 0.430. The lowest BCUT2D eigenvalue weighted by atomic mass is 10.4. The number of hydrogen-bond donors (Lipinski definition) is 0. The van der Waals surface area contributed by atoms with E-state index in [1.165, 1.54) is 0 Å². The third-order valence-electron chi connectivity index (χ3n) is 1.35. The molecule has 62 valence electrons. The van der Waals surface area contributed by atoms with Crippen LogP contribution in [0.1, 0.15) is 0 Å². The topological polar surface area (TPSA) is 56.7 Å². The molecule has 0 spiro atoms. The van der Waals surface area contributed by atoms with Gasteiger partial charge >= 0.3 is 0 Å². The Hall–Kier alpha value is -1.36. The molecule has 0 aliphatic heterocycles. The summed E-state index contributed by atoms with van der Waals surface area (Å²) in [5, 5.41) is 7.50. The standard InChI is InChI=1S/C6H5ClN4O/c1-11-3-4(2-8-11)5-9-6(7)10-12-5/h2-3H,1H3. The lowest BCUT2D eigenvalue weighted by Gasteiger charge is -1.82. The molecule has 2 aromatic rings. The minimum atomic E-state index is 0.105. The highest BCUT2D eigenvalue weighted by atomic mass is 35.5. The predicted octanol–water partition coefficient (Wildman–Crippen LogP) is 1.12. The predicted molar refractivity (Wildman–Crippen MR) is 41.5 cm³/mol. The zero-order valence-electron chi connectivity index (χ0n) is 6.23. The lowest BCUT2D eigenvalue weighted by Crippen LogP contribution is -1.84. The van der Waals surface area contributed by atoms with E-state index in [1.807, 2.05) is 7.05 Å². The van der Waals surface area contributed by atoms with Crippen LogP contribution in [0.15, 0.2) is 16.9 Å². The van der Waals surface area contributed by atoms with E-state index in [1.54, 1.807) is 17.1 Å². The highest BCUT2D eigenvalue weighted by molar-refractivity contribution is 6.28. The molecule has 0 atom stereocenters. The van der Waals surface area contributed by atoms with Crippen LogP contribution in [-0.2, 0) is 7.05 Å². The third kappa shape index (κ3) is 1.18. The molecule has 12 heavy (non-hydrogen) atoms. The van der Waals surface area contributed by atoms with Gasteiger partial charge in [0.25, 0.3) is 11.2 Å². The van der Waals surface area contributed by atoms with Crippen molar-refractivity contribution >= 4 is 11.6 Å².